The van der Waals surface area contributed by atoms with Crippen molar-refractivity contribution in [3.63, 3.8) is 0 Å². The molecule has 1 aromatic carbocycles. The second kappa shape index (κ2) is 4.95. The Bertz CT molecular complexity index is 678. The first kappa shape index (κ1) is 13.7. The van der Waals surface area contributed by atoms with Crippen LogP contribution in [0.15, 0.2) is 30.5 Å². The standard InChI is InChI=1S/C15H15F2N3O/c1-9-8-10(2)20-13(6-7-18-20)19(9)15(21)14-11(16)4-3-5-12(14)17/h3-7,9-10H,8H2,1-2H3. The molecule has 0 radical (unpaired) electrons. The number of amides is 1. The molecular weight excluding hydrogens is 276 g/mol. The number of hydrogen-bond acceptors (Lipinski definition) is 2. The largest absolute Gasteiger partial charge is 0.290 e. The zero-order valence-electron chi connectivity index (χ0n) is 11.8. The summed E-state index contributed by atoms with van der Waals surface area (Å²) < 4.78 is 29.4. The quantitative estimate of drug-likeness (QED) is 0.809. The summed E-state index contributed by atoms with van der Waals surface area (Å²) in [6, 6.07) is 5.08. The molecule has 1 amide bonds. The molecule has 2 atom stereocenters. The molecule has 0 aliphatic carbocycles. The fraction of sp³-hybridized carbons (Fsp3) is 0.333. The van der Waals surface area contributed by atoms with Gasteiger partial charge in [0, 0.05) is 12.1 Å². The second-order valence-electron chi connectivity index (χ2n) is 5.34. The Labute approximate surface area is 121 Å². The first-order valence-electron chi connectivity index (χ1n) is 6.81. The van der Waals surface area contributed by atoms with Gasteiger partial charge in [0.05, 0.1) is 12.2 Å². The summed E-state index contributed by atoms with van der Waals surface area (Å²) in [6.45, 7) is 3.86. The molecule has 2 heterocycles. The van der Waals surface area contributed by atoms with Gasteiger partial charge in [-0.15, -0.1) is 0 Å². The van der Waals surface area contributed by atoms with Gasteiger partial charge < -0.3 is 0 Å². The highest BCUT2D eigenvalue weighted by Gasteiger charge is 2.35. The normalized spacial score (nSPS) is 21.2. The van der Waals surface area contributed by atoms with E-state index in [1.807, 2.05) is 13.8 Å². The number of anilines is 1. The third-order valence-corrected chi connectivity index (χ3v) is 3.83. The van der Waals surface area contributed by atoms with Crippen LogP contribution in [-0.4, -0.2) is 21.7 Å². The Kier molecular flexibility index (Phi) is 3.23. The number of fused-ring (bicyclic) bond motifs is 1. The molecule has 0 fully saturated rings. The summed E-state index contributed by atoms with van der Waals surface area (Å²) >= 11 is 0. The van der Waals surface area contributed by atoms with Crippen molar-refractivity contribution in [2.45, 2.75) is 32.4 Å². The number of aromatic nitrogens is 2. The van der Waals surface area contributed by atoms with Gasteiger partial charge in [0.2, 0.25) is 0 Å². The lowest BCUT2D eigenvalue weighted by Crippen LogP contribution is -2.45. The van der Waals surface area contributed by atoms with E-state index in [-0.39, 0.29) is 12.1 Å². The highest BCUT2D eigenvalue weighted by molar-refractivity contribution is 6.06. The van der Waals surface area contributed by atoms with E-state index in [1.54, 1.807) is 16.9 Å². The summed E-state index contributed by atoms with van der Waals surface area (Å²) in [6.07, 6.45) is 2.26. The average molecular weight is 291 g/mol. The fourth-order valence-electron chi connectivity index (χ4n) is 2.89. The van der Waals surface area contributed by atoms with E-state index in [4.69, 9.17) is 0 Å². The number of hydrogen-bond donors (Lipinski definition) is 0. The molecule has 4 nitrogen and oxygen atoms in total. The van der Waals surface area contributed by atoms with Crippen molar-refractivity contribution in [2.24, 2.45) is 0 Å². The summed E-state index contributed by atoms with van der Waals surface area (Å²) in [4.78, 5) is 14.0. The summed E-state index contributed by atoms with van der Waals surface area (Å²) in [7, 11) is 0. The first-order valence-corrected chi connectivity index (χ1v) is 6.81. The Morgan fingerprint density at radius 2 is 1.86 bits per heavy atom. The summed E-state index contributed by atoms with van der Waals surface area (Å²) in [5, 5.41) is 4.18. The van der Waals surface area contributed by atoms with Crippen LogP contribution in [0.3, 0.4) is 0 Å². The maximum absolute atomic E-state index is 13.9. The van der Waals surface area contributed by atoms with Crippen LogP contribution in [-0.2, 0) is 0 Å². The van der Waals surface area contributed by atoms with Crippen molar-refractivity contribution in [2.75, 3.05) is 4.90 Å². The van der Waals surface area contributed by atoms with Crippen LogP contribution in [0.1, 0.15) is 36.7 Å². The van der Waals surface area contributed by atoms with Crippen molar-refractivity contribution in [1.82, 2.24) is 9.78 Å². The van der Waals surface area contributed by atoms with Crippen LogP contribution >= 0.6 is 0 Å². The molecule has 1 aliphatic heterocycles. The van der Waals surface area contributed by atoms with Crippen LogP contribution in [0, 0.1) is 11.6 Å². The molecule has 0 spiro atoms. The van der Waals surface area contributed by atoms with Crippen LogP contribution < -0.4 is 4.90 Å². The number of halogens is 2. The summed E-state index contributed by atoms with van der Waals surface area (Å²) in [5.74, 6) is -1.81. The molecule has 1 aliphatic rings. The molecule has 2 unspecified atom stereocenters. The van der Waals surface area contributed by atoms with E-state index in [0.29, 0.717) is 12.2 Å². The van der Waals surface area contributed by atoms with Gasteiger partial charge in [0.25, 0.3) is 5.91 Å². The number of nitrogens with zero attached hydrogens (tertiary/aromatic N) is 3. The minimum Gasteiger partial charge on any atom is -0.290 e. The zero-order chi connectivity index (χ0) is 15.1. The lowest BCUT2D eigenvalue weighted by Gasteiger charge is -2.37. The molecule has 6 heteroatoms. The monoisotopic (exact) mass is 291 g/mol. The summed E-state index contributed by atoms with van der Waals surface area (Å²) in [5.41, 5.74) is -0.522. The molecule has 0 saturated carbocycles. The van der Waals surface area contributed by atoms with Crippen LogP contribution in [0.4, 0.5) is 14.6 Å². The van der Waals surface area contributed by atoms with E-state index in [0.717, 1.165) is 12.1 Å². The lowest BCUT2D eigenvalue weighted by atomic mass is 10.0. The van der Waals surface area contributed by atoms with Gasteiger partial charge in [0.15, 0.2) is 0 Å². The molecule has 2 aromatic rings. The number of rotatable bonds is 1. The maximum Gasteiger partial charge on any atom is 0.265 e. The minimum absolute atomic E-state index is 0.138. The third kappa shape index (κ3) is 2.11. The highest BCUT2D eigenvalue weighted by Crippen LogP contribution is 2.33. The molecular formula is C15H15F2N3O. The van der Waals surface area contributed by atoms with Crippen molar-refractivity contribution >= 4 is 11.7 Å². The minimum atomic E-state index is -0.850. The Morgan fingerprint density at radius 3 is 2.52 bits per heavy atom. The molecule has 3 rings (SSSR count). The van der Waals surface area contributed by atoms with Gasteiger partial charge in [-0.05, 0) is 32.4 Å². The maximum atomic E-state index is 13.9. The van der Waals surface area contributed by atoms with Crippen LogP contribution in [0.5, 0.6) is 0 Å². The Balaban J connectivity index is 2.08. The van der Waals surface area contributed by atoms with Gasteiger partial charge in [-0.25, -0.2) is 13.5 Å². The van der Waals surface area contributed by atoms with Crippen molar-refractivity contribution in [3.8, 4) is 0 Å². The SMILES string of the molecule is CC1CC(C)n2nccc2N1C(=O)c1c(F)cccc1F. The highest BCUT2D eigenvalue weighted by atomic mass is 19.1. The Hall–Kier alpha value is -2.24. The predicted molar refractivity (Wildman–Crippen MR) is 74.2 cm³/mol. The van der Waals surface area contributed by atoms with Gasteiger partial charge >= 0.3 is 0 Å². The number of carbonyl (C=O) groups is 1. The zero-order valence-corrected chi connectivity index (χ0v) is 11.8. The van der Waals surface area contributed by atoms with E-state index >= 15 is 0 Å². The lowest BCUT2D eigenvalue weighted by molar-refractivity contribution is 0.0958. The molecule has 0 N–H and O–H groups in total. The molecule has 110 valence electrons. The third-order valence-electron chi connectivity index (χ3n) is 3.83. The van der Waals surface area contributed by atoms with Crippen LogP contribution in [0.25, 0.3) is 0 Å². The van der Waals surface area contributed by atoms with Crippen molar-refractivity contribution in [3.05, 3.63) is 47.7 Å². The van der Waals surface area contributed by atoms with Gasteiger partial charge in [-0.1, -0.05) is 6.07 Å². The van der Waals surface area contributed by atoms with Gasteiger partial charge in [-0.2, -0.15) is 5.10 Å². The van der Waals surface area contributed by atoms with E-state index in [9.17, 15) is 13.6 Å². The van der Waals surface area contributed by atoms with Crippen LogP contribution in [0.2, 0.25) is 0 Å². The molecule has 0 saturated heterocycles. The predicted octanol–water partition coefficient (Wildman–Crippen LogP) is 3.16. The Morgan fingerprint density at radius 1 is 1.19 bits per heavy atom. The van der Waals surface area contributed by atoms with Gasteiger partial charge in [0.1, 0.15) is 23.0 Å². The number of benzene rings is 1. The number of carbonyl (C=O) groups excluding carboxylic acids is 1. The fourth-order valence-corrected chi connectivity index (χ4v) is 2.89. The van der Waals surface area contributed by atoms with Crippen molar-refractivity contribution in [1.29, 1.82) is 0 Å². The second-order valence-corrected chi connectivity index (χ2v) is 5.34. The molecule has 0 bridgehead atoms. The smallest absolute Gasteiger partial charge is 0.265 e. The van der Waals surface area contributed by atoms with Gasteiger partial charge in [-0.3, -0.25) is 9.69 Å². The van der Waals surface area contributed by atoms with E-state index in [1.165, 1.54) is 11.0 Å². The average Bonchev–Trinajstić information content (AvgIpc) is 2.88. The van der Waals surface area contributed by atoms with E-state index in [2.05, 4.69) is 5.10 Å². The molecule has 1 aromatic heterocycles. The van der Waals surface area contributed by atoms with E-state index < -0.39 is 23.1 Å². The molecule has 21 heavy (non-hydrogen) atoms. The van der Waals surface area contributed by atoms with Crippen molar-refractivity contribution < 1.29 is 13.6 Å². The first-order chi connectivity index (χ1) is 10.0. The topological polar surface area (TPSA) is 38.1 Å².